The lowest BCUT2D eigenvalue weighted by Gasteiger charge is -2.31. The molecule has 0 saturated carbocycles. The fourth-order valence-electron chi connectivity index (χ4n) is 2.88. The van der Waals surface area contributed by atoms with Gasteiger partial charge in [-0.05, 0) is 24.6 Å². The molecule has 1 fully saturated rings. The van der Waals surface area contributed by atoms with Crippen molar-refractivity contribution in [3.8, 4) is 11.5 Å². The summed E-state index contributed by atoms with van der Waals surface area (Å²) < 4.78 is 16.6. The van der Waals surface area contributed by atoms with Crippen LogP contribution in [0, 0.1) is 6.92 Å². The fourth-order valence-corrected chi connectivity index (χ4v) is 3.16. The summed E-state index contributed by atoms with van der Waals surface area (Å²) >= 11 is 6.25. The molecule has 3 heterocycles. The van der Waals surface area contributed by atoms with Gasteiger partial charge in [0.1, 0.15) is 11.9 Å². The molecule has 1 saturated heterocycles. The van der Waals surface area contributed by atoms with E-state index < -0.39 is 0 Å². The Balaban J connectivity index is 1.47. The van der Waals surface area contributed by atoms with E-state index in [2.05, 4.69) is 20.1 Å². The summed E-state index contributed by atoms with van der Waals surface area (Å²) in [6, 6.07) is 3.91. The highest BCUT2D eigenvalue weighted by molar-refractivity contribution is 6.32. The van der Waals surface area contributed by atoms with E-state index in [1.54, 1.807) is 0 Å². The van der Waals surface area contributed by atoms with E-state index in [0.717, 1.165) is 31.0 Å². The Morgan fingerprint density at radius 3 is 3.13 bits per heavy atom. The van der Waals surface area contributed by atoms with E-state index in [9.17, 15) is 0 Å². The Morgan fingerprint density at radius 2 is 2.30 bits per heavy atom. The van der Waals surface area contributed by atoms with Crippen molar-refractivity contribution >= 4 is 11.6 Å². The predicted molar refractivity (Wildman–Crippen MR) is 82.7 cm³/mol. The Labute approximate surface area is 138 Å². The maximum absolute atomic E-state index is 6.25. The van der Waals surface area contributed by atoms with Crippen molar-refractivity contribution in [3.05, 3.63) is 34.4 Å². The van der Waals surface area contributed by atoms with Crippen LogP contribution in [0.25, 0.3) is 0 Å². The SMILES string of the molecule is Cc1nc([C@H]2CN(Cc3cc(Cl)c4c(c3)OCO4)CCO2)n[nH]1. The van der Waals surface area contributed by atoms with Crippen molar-refractivity contribution in [2.24, 2.45) is 0 Å². The minimum Gasteiger partial charge on any atom is -0.454 e. The average molecular weight is 337 g/mol. The Bertz CT molecular complexity index is 721. The van der Waals surface area contributed by atoms with Crippen LogP contribution >= 0.6 is 11.6 Å². The summed E-state index contributed by atoms with van der Waals surface area (Å²) in [5.74, 6) is 2.84. The van der Waals surface area contributed by atoms with Crippen LogP contribution in [-0.2, 0) is 11.3 Å². The smallest absolute Gasteiger partial charge is 0.231 e. The van der Waals surface area contributed by atoms with Gasteiger partial charge in [-0.15, -0.1) is 0 Å². The molecule has 1 atom stereocenters. The predicted octanol–water partition coefficient (Wildman–Crippen LogP) is 2.07. The number of aromatic amines is 1. The fraction of sp³-hybridized carbons (Fsp3) is 0.467. The van der Waals surface area contributed by atoms with Crippen LogP contribution in [0.1, 0.15) is 23.3 Å². The zero-order valence-electron chi connectivity index (χ0n) is 12.7. The normalized spacial score (nSPS) is 20.9. The second-order valence-corrected chi connectivity index (χ2v) is 6.09. The molecule has 2 aliphatic heterocycles. The first-order chi connectivity index (χ1) is 11.2. The lowest BCUT2D eigenvalue weighted by molar-refractivity contribution is -0.0370. The van der Waals surface area contributed by atoms with Crippen LogP contribution in [0.2, 0.25) is 5.02 Å². The van der Waals surface area contributed by atoms with Gasteiger partial charge in [-0.2, -0.15) is 5.10 Å². The van der Waals surface area contributed by atoms with Gasteiger partial charge in [0.25, 0.3) is 0 Å². The highest BCUT2D eigenvalue weighted by Gasteiger charge is 2.26. The van der Waals surface area contributed by atoms with Crippen LogP contribution in [0.3, 0.4) is 0 Å². The van der Waals surface area contributed by atoms with Crippen molar-refractivity contribution < 1.29 is 14.2 Å². The van der Waals surface area contributed by atoms with Crippen molar-refractivity contribution in [1.82, 2.24) is 20.1 Å². The van der Waals surface area contributed by atoms with Gasteiger partial charge in [-0.3, -0.25) is 10.00 Å². The molecule has 122 valence electrons. The third-order valence-electron chi connectivity index (χ3n) is 3.95. The highest BCUT2D eigenvalue weighted by Crippen LogP contribution is 2.40. The van der Waals surface area contributed by atoms with Crippen molar-refractivity contribution in [2.45, 2.75) is 19.6 Å². The van der Waals surface area contributed by atoms with Gasteiger partial charge in [0.2, 0.25) is 6.79 Å². The minimum atomic E-state index is -0.113. The molecule has 1 N–H and O–H groups in total. The molecule has 0 spiro atoms. The molecule has 4 rings (SSSR count). The van der Waals surface area contributed by atoms with Crippen LogP contribution in [0.15, 0.2) is 12.1 Å². The summed E-state index contributed by atoms with van der Waals surface area (Å²) in [6.45, 7) is 5.11. The van der Waals surface area contributed by atoms with Crippen LogP contribution in [-0.4, -0.2) is 46.6 Å². The van der Waals surface area contributed by atoms with E-state index in [-0.39, 0.29) is 12.9 Å². The van der Waals surface area contributed by atoms with Gasteiger partial charge in [-0.25, -0.2) is 4.98 Å². The molecule has 2 aliphatic rings. The number of nitrogens with zero attached hydrogens (tertiary/aromatic N) is 3. The molecular weight excluding hydrogens is 320 g/mol. The third-order valence-corrected chi connectivity index (χ3v) is 4.23. The van der Waals surface area contributed by atoms with E-state index in [1.165, 1.54) is 0 Å². The summed E-state index contributed by atoms with van der Waals surface area (Å²) in [5, 5.41) is 7.64. The molecule has 0 radical (unpaired) electrons. The Morgan fingerprint density at radius 1 is 1.39 bits per heavy atom. The van der Waals surface area contributed by atoms with Crippen molar-refractivity contribution in [1.29, 1.82) is 0 Å². The van der Waals surface area contributed by atoms with Crippen LogP contribution in [0.5, 0.6) is 11.5 Å². The topological polar surface area (TPSA) is 72.5 Å². The highest BCUT2D eigenvalue weighted by atomic mass is 35.5. The number of morpholine rings is 1. The largest absolute Gasteiger partial charge is 0.454 e. The third kappa shape index (κ3) is 2.99. The van der Waals surface area contributed by atoms with Gasteiger partial charge in [0.15, 0.2) is 17.3 Å². The van der Waals surface area contributed by atoms with Gasteiger partial charge in [-0.1, -0.05) is 11.6 Å². The average Bonchev–Trinajstić information content (AvgIpc) is 3.16. The molecule has 8 heteroatoms. The molecule has 1 aromatic carbocycles. The van der Waals surface area contributed by atoms with Crippen molar-refractivity contribution in [2.75, 3.05) is 26.5 Å². The minimum absolute atomic E-state index is 0.113. The summed E-state index contributed by atoms with van der Waals surface area (Å²) in [7, 11) is 0. The van der Waals surface area contributed by atoms with Gasteiger partial charge < -0.3 is 14.2 Å². The first kappa shape index (κ1) is 14.7. The van der Waals surface area contributed by atoms with Crippen LogP contribution in [0.4, 0.5) is 0 Å². The Kier molecular flexibility index (Phi) is 3.84. The monoisotopic (exact) mass is 336 g/mol. The number of hydrogen-bond donors (Lipinski definition) is 1. The van der Waals surface area contributed by atoms with E-state index in [4.69, 9.17) is 25.8 Å². The Hall–Kier alpha value is -1.83. The lowest BCUT2D eigenvalue weighted by atomic mass is 10.1. The van der Waals surface area contributed by atoms with E-state index in [0.29, 0.717) is 29.0 Å². The first-order valence-electron chi connectivity index (χ1n) is 7.50. The first-order valence-corrected chi connectivity index (χ1v) is 7.88. The number of nitrogens with one attached hydrogen (secondary N) is 1. The van der Waals surface area contributed by atoms with E-state index in [1.807, 2.05) is 19.1 Å². The number of H-pyrrole nitrogens is 1. The number of aromatic nitrogens is 3. The number of hydrogen-bond acceptors (Lipinski definition) is 6. The summed E-state index contributed by atoms with van der Waals surface area (Å²) in [5.41, 5.74) is 1.09. The lowest BCUT2D eigenvalue weighted by Crippen LogP contribution is -2.38. The maximum atomic E-state index is 6.25. The quantitative estimate of drug-likeness (QED) is 0.925. The van der Waals surface area contributed by atoms with Gasteiger partial charge in [0, 0.05) is 19.6 Å². The number of halogens is 1. The molecule has 1 aromatic heterocycles. The molecule has 2 aromatic rings. The molecule has 23 heavy (non-hydrogen) atoms. The molecular formula is C15H17ClN4O3. The number of rotatable bonds is 3. The molecule has 0 amide bonds. The standard InChI is InChI=1S/C15H17ClN4O3/c1-9-17-15(19-18-9)13-7-20(2-3-21-13)6-10-4-11(16)14-12(5-10)22-8-23-14/h4-5,13H,2-3,6-8H2,1H3,(H,17,18,19)/t13-/m1/s1. The van der Waals surface area contributed by atoms with Crippen LogP contribution < -0.4 is 9.47 Å². The molecule has 0 aliphatic carbocycles. The molecule has 0 unspecified atom stereocenters. The second kappa shape index (κ2) is 5.99. The molecule has 0 bridgehead atoms. The number of aryl methyl sites for hydroxylation is 1. The van der Waals surface area contributed by atoms with Gasteiger partial charge in [0.05, 0.1) is 11.6 Å². The van der Waals surface area contributed by atoms with Gasteiger partial charge >= 0.3 is 0 Å². The molecule has 7 nitrogen and oxygen atoms in total. The zero-order valence-corrected chi connectivity index (χ0v) is 13.5. The summed E-state index contributed by atoms with van der Waals surface area (Å²) in [4.78, 5) is 6.66. The van der Waals surface area contributed by atoms with Crippen molar-refractivity contribution in [3.63, 3.8) is 0 Å². The maximum Gasteiger partial charge on any atom is 0.231 e. The second-order valence-electron chi connectivity index (χ2n) is 5.68. The number of fused-ring (bicyclic) bond motifs is 1. The summed E-state index contributed by atoms with van der Waals surface area (Å²) in [6.07, 6.45) is -0.113. The number of benzene rings is 1. The zero-order chi connectivity index (χ0) is 15.8. The number of ether oxygens (including phenoxy) is 3. The van der Waals surface area contributed by atoms with E-state index >= 15 is 0 Å².